The molecule has 3 aromatic heterocycles. The minimum atomic E-state index is -0.656. The average molecular weight is 584 g/mol. The van der Waals surface area contributed by atoms with Crippen molar-refractivity contribution in [1.82, 2.24) is 29.2 Å². The molecule has 0 radical (unpaired) electrons. The summed E-state index contributed by atoms with van der Waals surface area (Å²) in [5.74, 6) is -0.0268. The number of aryl methyl sites for hydroxylation is 1. The molecular formula is C31H33N7O3S. The van der Waals surface area contributed by atoms with Crippen molar-refractivity contribution in [2.45, 2.75) is 38.1 Å². The van der Waals surface area contributed by atoms with Crippen LogP contribution < -0.4 is 10.5 Å². The van der Waals surface area contributed by atoms with E-state index in [1.165, 1.54) is 0 Å². The Bertz CT molecular complexity index is 1710. The van der Waals surface area contributed by atoms with E-state index in [1.807, 2.05) is 67.3 Å². The van der Waals surface area contributed by atoms with E-state index < -0.39 is 12.0 Å². The van der Waals surface area contributed by atoms with Crippen molar-refractivity contribution in [3.8, 4) is 17.0 Å². The number of allylic oxidation sites excluding steroid dienone is 2. The average Bonchev–Trinajstić information content (AvgIpc) is 3.61. The van der Waals surface area contributed by atoms with Crippen molar-refractivity contribution in [2.75, 3.05) is 20.1 Å². The number of benzene rings is 1. The van der Waals surface area contributed by atoms with Gasteiger partial charge in [0.15, 0.2) is 0 Å². The third-order valence-corrected chi connectivity index (χ3v) is 8.25. The van der Waals surface area contributed by atoms with Crippen LogP contribution in [0.4, 0.5) is 0 Å². The van der Waals surface area contributed by atoms with Crippen LogP contribution in [0.5, 0.6) is 5.88 Å². The Morgan fingerprint density at radius 3 is 2.67 bits per heavy atom. The number of nitrogens with two attached hydrogens (primary N) is 1. The van der Waals surface area contributed by atoms with E-state index in [2.05, 4.69) is 27.0 Å². The van der Waals surface area contributed by atoms with Crippen molar-refractivity contribution in [1.29, 1.82) is 0 Å². The van der Waals surface area contributed by atoms with Gasteiger partial charge in [0.05, 0.1) is 33.8 Å². The topological polar surface area (TPSA) is 113 Å². The second kappa shape index (κ2) is 11.6. The molecular weight excluding hydrogens is 550 g/mol. The molecule has 11 heteroatoms. The first kappa shape index (κ1) is 28.0. The Kier molecular flexibility index (Phi) is 7.72. The summed E-state index contributed by atoms with van der Waals surface area (Å²) in [6.45, 7) is 3.95. The van der Waals surface area contributed by atoms with E-state index in [0.717, 1.165) is 53.7 Å². The summed E-state index contributed by atoms with van der Waals surface area (Å²) >= 11 is 5.68. The van der Waals surface area contributed by atoms with E-state index in [0.29, 0.717) is 16.4 Å². The summed E-state index contributed by atoms with van der Waals surface area (Å²) in [7, 11) is 4.01. The molecule has 6 rings (SSSR count). The number of carbonyl (C=O) groups excluding carboxylic acids is 1. The fourth-order valence-electron chi connectivity index (χ4n) is 5.38. The molecule has 1 aliphatic heterocycles. The van der Waals surface area contributed by atoms with Crippen molar-refractivity contribution in [2.24, 2.45) is 12.8 Å². The molecule has 216 valence electrons. The zero-order valence-corrected chi connectivity index (χ0v) is 24.6. The van der Waals surface area contributed by atoms with Gasteiger partial charge in [0.25, 0.3) is 0 Å². The molecule has 1 saturated heterocycles. The standard InChI is InChI=1S/C31H33N7O3S/c1-19(20-6-9-33-29(13-20)41-24-7-10-36(2)11-8-24)40-28-15-23(14-25(30(28)42)31(32)39)38-18-34-26-12-21(4-5-27(26)38)22-16-35-37(3)17-22/h4-6,9,12-19,24,28H,7-8,10-11H2,1-3H3,(H2,32,39). The van der Waals surface area contributed by atoms with Crippen LogP contribution in [0.15, 0.2) is 73.0 Å². The van der Waals surface area contributed by atoms with Crippen LogP contribution in [-0.2, 0) is 16.6 Å². The second-order valence-corrected chi connectivity index (χ2v) is 11.3. The van der Waals surface area contributed by atoms with Crippen LogP contribution in [0.25, 0.3) is 27.9 Å². The van der Waals surface area contributed by atoms with Gasteiger partial charge in [0, 0.05) is 49.9 Å². The van der Waals surface area contributed by atoms with Gasteiger partial charge in [-0.15, -0.1) is 0 Å². The van der Waals surface area contributed by atoms with Gasteiger partial charge < -0.3 is 20.1 Å². The van der Waals surface area contributed by atoms with Crippen LogP contribution in [0.3, 0.4) is 0 Å². The minimum Gasteiger partial charge on any atom is -0.474 e. The normalized spacial score (nSPS) is 19.0. The van der Waals surface area contributed by atoms with Gasteiger partial charge in [-0.2, -0.15) is 5.10 Å². The number of amides is 1. The number of carbonyl (C=O) groups is 1. The smallest absolute Gasteiger partial charge is 0.250 e. The fraction of sp³-hybridized carbons (Fsp3) is 0.323. The number of nitrogens with zero attached hydrogens (tertiary/aromatic N) is 6. The summed E-state index contributed by atoms with van der Waals surface area (Å²) in [4.78, 5) is 24.1. The monoisotopic (exact) mass is 583 g/mol. The van der Waals surface area contributed by atoms with Gasteiger partial charge >= 0.3 is 0 Å². The van der Waals surface area contributed by atoms with Gasteiger partial charge in [-0.25, -0.2) is 9.97 Å². The molecule has 10 nitrogen and oxygen atoms in total. The highest BCUT2D eigenvalue weighted by Gasteiger charge is 2.28. The first-order valence-corrected chi connectivity index (χ1v) is 14.4. The Morgan fingerprint density at radius 2 is 1.93 bits per heavy atom. The summed E-state index contributed by atoms with van der Waals surface area (Å²) in [5.41, 5.74) is 11.3. The highest BCUT2D eigenvalue weighted by Crippen LogP contribution is 2.31. The molecule has 1 fully saturated rings. The van der Waals surface area contributed by atoms with E-state index in [-0.39, 0.29) is 17.8 Å². The number of piperidine rings is 1. The fourth-order valence-corrected chi connectivity index (χ4v) is 5.66. The molecule has 4 aromatic rings. The largest absolute Gasteiger partial charge is 0.474 e. The van der Waals surface area contributed by atoms with E-state index >= 15 is 0 Å². The minimum absolute atomic E-state index is 0.144. The SMILES string of the molecule is CC(OC1C=C(n2cnc3cc(-c4cnn(C)c4)ccc32)C=C(C(N)=O)C1=S)c1ccnc(OC2CCN(C)CC2)c1. The van der Waals surface area contributed by atoms with Gasteiger partial charge in [0.1, 0.15) is 18.5 Å². The predicted molar refractivity (Wildman–Crippen MR) is 165 cm³/mol. The molecule has 0 bridgehead atoms. The highest BCUT2D eigenvalue weighted by molar-refractivity contribution is 7.81. The number of hydrogen-bond donors (Lipinski definition) is 1. The van der Waals surface area contributed by atoms with Gasteiger partial charge in [-0.3, -0.25) is 14.0 Å². The molecule has 2 N–H and O–H groups in total. The molecule has 1 aliphatic carbocycles. The first-order chi connectivity index (χ1) is 20.2. The quantitative estimate of drug-likeness (QED) is 0.309. The van der Waals surface area contributed by atoms with Crippen molar-refractivity contribution < 1.29 is 14.3 Å². The third-order valence-electron chi connectivity index (χ3n) is 7.80. The number of rotatable bonds is 8. The summed E-state index contributed by atoms with van der Waals surface area (Å²) in [6, 6.07) is 9.84. The Morgan fingerprint density at radius 1 is 1.12 bits per heavy atom. The lowest BCUT2D eigenvalue weighted by Crippen LogP contribution is -2.35. The summed E-state index contributed by atoms with van der Waals surface area (Å²) < 4.78 is 16.3. The van der Waals surface area contributed by atoms with Crippen LogP contribution in [-0.4, -0.2) is 72.3 Å². The van der Waals surface area contributed by atoms with Crippen molar-refractivity contribution in [3.63, 3.8) is 0 Å². The van der Waals surface area contributed by atoms with E-state index in [9.17, 15) is 4.79 Å². The van der Waals surface area contributed by atoms with Crippen LogP contribution in [0.1, 0.15) is 31.4 Å². The molecule has 2 atom stereocenters. The lowest BCUT2D eigenvalue weighted by atomic mass is 9.98. The van der Waals surface area contributed by atoms with E-state index in [1.54, 1.807) is 23.3 Å². The lowest BCUT2D eigenvalue weighted by Gasteiger charge is -2.29. The lowest BCUT2D eigenvalue weighted by molar-refractivity contribution is -0.114. The first-order valence-electron chi connectivity index (χ1n) is 14.0. The van der Waals surface area contributed by atoms with Gasteiger partial charge in [-0.1, -0.05) is 18.3 Å². The number of imidazole rings is 1. The molecule has 1 aromatic carbocycles. The number of thiocarbonyl (C=S) groups is 1. The zero-order chi connectivity index (χ0) is 29.4. The van der Waals surface area contributed by atoms with Gasteiger partial charge in [-0.05, 0) is 68.3 Å². The number of primary amides is 1. The number of pyridine rings is 1. The van der Waals surface area contributed by atoms with Crippen LogP contribution in [0.2, 0.25) is 0 Å². The highest BCUT2D eigenvalue weighted by atomic mass is 32.1. The van der Waals surface area contributed by atoms with Crippen molar-refractivity contribution >= 4 is 39.7 Å². The number of ether oxygens (including phenoxy) is 2. The number of fused-ring (bicyclic) bond motifs is 1. The van der Waals surface area contributed by atoms with Crippen molar-refractivity contribution in [3.05, 3.63) is 78.5 Å². The molecule has 1 amide bonds. The Balaban J connectivity index is 1.25. The van der Waals surface area contributed by atoms with E-state index in [4.69, 9.17) is 27.4 Å². The molecule has 42 heavy (non-hydrogen) atoms. The summed E-state index contributed by atoms with van der Waals surface area (Å²) in [6.07, 6.45) is 11.9. The number of aromatic nitrogens is 5. The maximum Gasteiger partial charge on any atom is 0.250 e. The zero-order valence-electron chi connectivity index (χ0n) is 23.8. The number of likely N-dealkylation sites (tertiary alicyclic amines) is 1. The van der Waals surface area contributed by atoms with Gasteiger partial charge in [0.2, 0.25) is 11.8 Å². The van der Waals surface area contributed by atoms with Crippen LogP contribution in [0, 0.1) is 0 Å². The third kappa shape index (κ3) is 5.76. The maximum atomic E-state index is 12.4. The Labute approximate surface area is 249 Å². The molecule has 0 spiro atoms. The summed E-state index contributed by atoms with van der Waals surface area (Å²) in [5, 5.41) is 4.26. The second-order valence-electron chi connectivity index (χ2n) is 10.8. The number of hydrogen-bond acceptors (Lipinski definition) is 8. The maximum absolute atomic E-state index is 12.4. The predicted octanol–water partition coefficient (Wildman–Crippen LogP) is 4.09. The molecule has 0 saturated carbocycles. The molecule has 4 heterocycles. The molecule has 2 aliphatic rings. The van der Waals surface area contributed by atoms with Crippen LogP contribution >= 0.6 is 12.2 Å². The Hall–Kier alpha value is -4.19. The molecule has 2 unspecified atom stereocenters.